The quantitative estimate of drug-likeness (QED) is 0.208. The van der Waals surface area contributed by atoms with E-state index >= 15 is 0 Å². The summed E-state index contributed by atoms with van der Waals surface area (Å²) >= 11 is 0. The van der Waals surface area contributed by atoms with Gasteiger partial charge in [-0.05, 0) is 87.2 Å². The number of hydrogen-bond acceptors (Lipinski definition) is 6. The molecule has 7 heteroatoms. The lowest BCUT2D eigenvalue weighted by Gasteiger charge is -2.29. The number of nitrogens with zero attached hydrogens (tertiary/aromatic N) is 2. The van der Waals surface area contributed by atoms with E-state index in [0.717, 1.165) is 56.3 Å². The first-order valence-corrected chi connectivity index (χ1v) is 14.1. The molecule has 42 heavy (non-hydrogen) atoms. The normalized spacial score (nSPS) is 14.3. The van der Waals surface area contributed by atoms with Gasteiger partial charge in [-0.3, -0.25) is 4.98 Å². The van der Waals surface area contributed by atoms with Crippen molar-refractivity contribution in [3.05, 3.63) is 95.7 Å². The van der Waals surface area contributed by atoms with Crippen LogP contribution in [0.3, 0.4) is 0 Å². The van der Waals surface area contributed by atoms with Crippen LogP contribution in [0.15, 0.2) is 79.1 Å². The van der Waals surface area contributed by atoms with E-state index in [0.29, 0.717) is 30.2 Å². The third-order valence-electron chi connectivity index (χ3n) is 7.22. The van der Waals surface area contributed by atoms with Crippen LogP contribution in [0.2, 0.25) is 0 Å². The Labute approximate surface area is 246 Å². The summed E-state index contributed by atoms with van der Waals surface area (Å²) in [7, 11) is 0. The Morgan fingerprint density at radius 2 is 2.02 bits per heavy atom. The van der Waals surface area contributed by atoms with E-state index in [-0.39, 0.29) is 0 Å². The minimum Gasteiger partial charge on any atom is -0.493 e. The van der Waals surface area contributed by atoms with Crippen LogP contribution in [0, 0.1) is 6.92 Å². The highest BCUT2D eigenvalue weighted by molar-refractivity contribution is 6.08. The molecule has 5 rings (SSSR count). The molecule has 0 fully saturated rings. The van der Waals surface area contributed by atoms with Crippen LogP contribution >= 0.6 is 0 Å². The van der Waals surface area contributed by atoms with Crippen LogP contribution in [0.4, 0.5) is 0 Å². The highest BCUT2D eigenvalue weighted by atomic mass is 16.5. The number of aryl methyl sites for hydroxylation is 1. The van der Waals surface area contributed by atoms with Gasteiger partial charge < -0.3 is 19.3 Å². The van der Waals surface area contributed by atoms with Gasteiger partial charge in [-0.25, -0.2) is 9.78 Å². The molecule has 1 atom stereocenters. The second kappa shape index (κ2) is 11.8. The highest BCUT2D eigenvalue weighted by Crippen LogP contribution is 2.45. The van der Waals surface area contributed by atoms with E-state index in [4.69, 9.17) is 24.2 Å². The molecular weight excluding hydrogens is 528 g/mol. The minimum atomic E-state index is -1.21. The predicted molar refractivity (Wildman–Crippen MR) is 166 cm³/mol. The summed E-state index contributed by atoms with van der Waals surface area (Å²) in [4.78, 5) is 22.4. The molecule has 216 valence electrons. The number of hydrogen-bond donors (Lipinski definition) is 1. The summed E-state index contributed by atoms with van der Waals surface area (Å²) in [5, 5.41) is 12.2. The molecule has 4 aromatic rings. The number of carboxylic acid groups (broad SMARTS) is 1. The summed E-state index contributed by atoms with van der Waals surface area (Å²) in [6.45, 7) is 14.1. The van der Waals surface area contributed by atoms with E-state index in [2.05, 4.69) is 6.58 Å². The van der Waals surface area contributed by atoms with Crippen LogP contribution in [0.5, 0.6) is 11.6 Å². The predicted octanol–water partition coefficient (Wildman–Crippen LogP) is 7.70. The fourth-order valence-electron chi connectivity index (χ4n) is 5.38. The van der Waals surface area contributed by atoms with E-state index in [1.165, 1.54) is 0 Å². The van der Waals surface area contributed by atoms with Gasteiger partial charge >= 0.3 is 5.97 Å². The molecule has 1 aliphatic heterocycles. The van der Waals surface area contributed by atoms with Gasteiger partial charge in [0.2, 0.25) is 5.88 Å². The Kier molecular flexibility index (Phi) is 8.14. The van der Waals surface area contributed by atoms with Crippen molar-refractivity contribution in [3.8, 4) is 22.8 Å². The van der Waals surface area contributed by atoms with Gasteiger partial charge in [-0.1, -0.05) is 30.9 Å². The molecular formula is C35H36N2O5. The van der Waals surface area contributed by atoms with Gasteiger partial charge in [0.25, 0.3) is 0 Å². The Morgan fingerprint density at radius 1 is 1.21 bits per heavy atom. The standard InChI is InChI=1S/C35H36N2O5/c1-7-9-10-22(8-2)20-41-28-14-12-24-26(37-28)19-21(3)29(33(34(38)39)42-35(4,5)6)31(24)25-11-13-27-30-23(16-18-40-27)15-17-36-32(25)30/h7-15,17,19,33H,1,16,18,20H2,2-6H3,(H,38,39)/b10-9-,22-8+/t33-/m0/s1. The topological polar surface area (TPSA) is 90.8 Å². The van der Waals surface area contributed by atoms with E-state index in [9.17, 15) is 9.90 Å². The maximum atomic E-state index is 12.8. The third kappa shape index (κ3) is 5.78. The zero-order valence-corrected chi connectivity index (χ0v) is 24.7. The Bertz CT molecular complexity index is 1740. The Hall–Kier alpha value is -4.49. The smallest absolute Gasteiger partial charge is 0.337 e. The number of aromatic nitrogens is 2. The number of allylic oxidation sites excluding steroid dienone is 3. The van der Waals surface area contributed by atoms with Crippen molar-refractivity contribution in [2.75, 3.05) is 13.2 Å². The zero-order valence-electron chi connectivity index (χ0n) is 24.7. The number of carbonyl (C=O) groups is 1. The Balaban J connectivity index is 1.75. The lowest BCUT2D eigenvalue weighted by Crippen LogP contribution is -2.28. The number of aliphatic carboxylic acids is 1. The first kappa shape index (κ1) is 29.0. The lowest BCUT2D eigenvalue weighted by molar-refractivity contribution is -0.160. The number of ether oxygens (including phenoxy) is 3. The van der Waals surface area contributed by atoms with Gasteiger partial charge in [0.1, 0.15) is 12.4 Å². The van der Waals surface area contributed by atoms with Crippen molar-refractivity contribution in [1.29, 1.82) is 0 Å². The molecule has 0 spiro atoms. The van der Waals surface area contributed by atoms with Gasteiger partial charge in [-0.15, -0.1) is 0 Å². The molecule has 0 bridgehead atoms. The van der Waals surface area contributed by atoms with Crippen LogP contribution in [-0.2, 0) is 16.0 Å². The zero-order chi connectivity index (χ0) is 30.0. The molecule has 0 radical (unpaired) electrons. The van der Waals surface area contributed by atoms with Crippen molar-refractivity contribution in [3.63, 3.8) is 0 Å². The molecule has 7 nitrogen and oxygen atoms in total. The SMILES string of the molecule is C=C/C=C\C(=C/C)COc1ccc2c(-c3ccc4c5c(ccnc35)CCO4)c([C@H](OC(C)(C)C)C(=O)O)c(C)cc2n1. The second-order valence-corrected chi connectivity index (χ2v) is 11.3. The van der Waals surface area contributed by atoms with E-state index in [1.807, 2.05) is 89.2 Å². The highest BCUT2D eigenvalue weighted by Gasteiger charge is 2.33. The molecule has 2 aromatic carbocycles. The fraction of sp³-hybridized carbons (Fsp3) is 0.286. The van der Waals surface area contributed by atoms with E-state index in [1.54, 1.807) is 12.3 Å². The number of fused-ring (bicyclic) bond motifs is 1. The summed E-state index contributed by atoms with van der Waals surface area (Å²) in [5.74, 6) is 0.185. The van der Waals surface area contributed by atoms with E-state index < -0.39 is 17.7 Å². The number of carboxylic acids is 1. The molecule has 0 saturated heterocycles. The summed E-state index contributed by atoms with van der Waals surface area (Å²) in [6, 6.07) is 11.6. The molecule has 1 N–H and O–H groups in total. The third-order valence-corrected chi connectivity index (χ3v) is 7.22. The van der Waals surface area contributed by atoms with Crippen molar-refractivity contribution < 1.29 is 24.1 Å². The summed E-state index contributed by atoms with van der Waals surface area (Å²) < 4.78 is 18.2. The average molecular weight is 565 g/mol. The molecule has 0 amide bonds. The van der Waals surface area contributed by atoms with Gasteiger partial charge in [0.15, 0.2) is 6.10 Å². The summed E-state index contributed by atoms with van der Waals surface area (Å²) in [5.41, 5.74) is 5.73. The number of rotatable bonds is 9. The molecule has 0 unspecified atom stereocenters. The van der Waals surface area contributed by atoms with Gasteiger partial charge in [0, 0.05) is 40.6 Å². The fourth-order valence-corrected chi connectivity index (χ4v) is 5.38. The van der Waals surface area contributed by atoms with Crippen LogP contribution in [-0.4, -0.2) is 39.9 Å². The van der Waals surface area contributed by atoms with Crippen LogP contribution in [0.25, 0.3) is 32.9 Å². The first-order chi connectivity index (χ1) is 20.1. The largest absolute Gasteiger partial charge is 0.493 e. The van der Waals surface area contributed by atoms with Crippen molar-refractivity contribution in [2.24, 2.45) is 0 Å². The second-order valence-electron chi connectivity index (χ2n) is 11.3. The van der Waals surface area contributed by atoms with Crippen molar-refractivity contribution in [2.45, 2.75) is 52.7 Å². The maximum absolute atomic E-state index is 12.8. The molecule has 3 heterocycles. The van der Waals surface area contributed by atoms with Gasteiger partial charge in [-0.2, -0.15) is 0 Å². The Morgan fingerprint density at radius 3 is 2.74 bits per heavy atom. The average Bonchev–Trinajstić information content (AvgIpc) is 2.95. The van der Waals surface area contributed by atoms with Crippen molar-refractivity contribution in [1.82, 2.24) is 9.97 Å². The number of benzene rings is 2. The summed E-state index contributed by atoms with van der Waals surface area (Å²) in [6.07, 6.45) is 8.87. The molecule has 0 aliphatic carbocycles. The van der Waals surface area contributed by atoms with Gasteiger partial charge in [0.05, 0.1) is 23.2 Å². The maximum Gasteiger partial charge on any atom is 0.337 e. The first-order valence-electron chi connectivity index (χ1n) is 14.1. The van der Waals surface area contributed by atoms with Crippen molar-refractivity contribution >= 4 is 27.8 Å². The van der Waals surface area contributed by atoms with Crippen LogP contribution in [0.1, 0.15) is 50.5 Å². The number of pyridine rings is 2. The lowest BCUT2D eigenvalue weighted by atomic mass is 9.86. The molecule has 2 aromatic heterocycles. The van der Waals surface area contributed by atoms with Crippen LogP contribution < -0.4 is 9.47 Å². The molecule has 0 saturated carbocycles. The minimum absolute atomic E-state index is 0.350. The molecule has 1 aliphatic rings. The monoisotopic (exact) mass is 564 g/mol.